The lowest BCUT2D eigenvalue weighted by atomic mass is 9.88. The fourth-order valence-electron chi connectivity index (χ4n) is 4.79. The van der Waals surface area contributed by atoms with Crippen LogP contribution in [0.4, 0.5) is 10.3 Å². The van der Waals surface area contributed by atoms with E-state index in [4.69, 9.17) is 0 Å². The Labute approximate surface area is 194 Å². The Bertz CT molecular complexity index is 1100. The Kier molecular flexibility index (Phi) is 6.97. The maximum absolute atomic E-state index is 14.6. The molecule has 2 aliphatic rings. The van der Waals surface area contributed by atoms with Gasteiger partial charge in [0.2, 0.25) is 11.9 Å². The molecule has 0 aliphatic carbocycles. The van der Waals surface area contributed by atoms with Crippen molar-refractivity contribution in [3.05, 3.63) is 47.5 Å². The van der Waals surface area contributed by atoms with Crippen LogP contribution in [0.5, 0.6) is 0 Å². The van der Waals surface area contributed by atoms with Crippen LogP contribution in [0.15, 0.2) is 35.5 Å². The van der Waals surface area contributed by atoms with Gasteiger partial charge in [-0.15, -0.1) is 0 Å². The monoisotopic (exact) mass is 474 g/mol. The molecule has 2 fully saturated rings. The number of benzene rings is 1. The SMILES string of the molecule is CCc1cnc(N2CCC(N3CCCC(Cc4ccc(S(C)(=O)=O)cc4F)C3=O)CC2)nc1. The molecule has 1 aromatic carbocycles. The Hall–Kier alpha value is -2.55. The number of carbonyl (C=O) groups excluding carboxylic acids is 1. The lowest BCUT2D eigenvalue weighted by Crippen LogP contribution is -2.52. The van der Waals surface area contributed by atoms with E-state index in [1.165, 1.54) is 12.1 Å². The third-order valence-electron chi connectivity index (χ3n) is 6.79. The molecule has 1 atom stereocenters. The molecule has 3 heterocycles. The predicted molar refractivity (Wildman–Crippen MR) is 124 cm³/mol. The van der Waals surface area contributed by atoms with Crippen molar-refractivity contribution in [1.82, 2.24) is 14.9 Å². The maximum atomic E-state index is 14.6. The van der Waals surface area contributed by atoms with Crippen molar-refractivity contribution in [2.45, 2.75) is 56.4 Å². The van der Waals surface area contributed by atoms with Crippen LogP contribution in [0.25, 0.3) is 0 Å². The summed E-state index contributed by atoms with van der Waals surface area (Å²) in [6.07, 6.45) is 9.32. The number of aryl methyl sites for hydroxylation is 1. The molecule has 33 heavy (non-hydrogen) atoms. The van der Waals surface area contributed by atoms with E-state index in [-0.39, 0.29) is 22.8 Å². The summed E-state index contributed by atoms with van der Waals surface area (Å²) in [6.45, 7) is 4.40. The second kappa shape index (κ2) is 9.75. The van der Waals surface area contributed by atoms with Crippen LogP contribution in [0, 0.1) is 11.7 Å². The number of aromatic nitrogens is 2. The highest BCUT2D eigenvalue weighted by Gasteiger charge is 2.35. The largest absolute Gasteiger partial charge is 0.341 e. The fraction of sp³-hybridized carbons (Fsp3) is 0.542. The number of hydrogen-bond acceptors (Lipinski definition) is 6. The van der Waals surface area contributed by atoms with E-state index in [2.05, 4.69) is 21.8 Å². The minimum atomic E-state index is -3.47. The number of carbonyl (C=O) groups is 1. The Morgan fingerprint density at radius 1 is 1.09 bits per heavy atom. The normalized spacial score (nSPS) is 20.3. The first kappa shape index (κ1) is 23.6. The van der Waals surface area contributed by atoms with Gasteiger partial charge in [-0.2, -0.15) is 0 Å². The number of rotatable bonds is 6. The molecule has 178 valence electrons. The predicted octanol–water partition coefficient (Wildman–Crippen LogP) is 3.03. The van der Waals surface area contributed by atoms with Crippen molar-refractivity contribution in [3.63, 3.8) is 0 Å². The van der Waals surface area contributed by atoms with Gasteiger partial charge in [-0.25, -0.2) is 22.8 Å². The first-order valence-electron chi connectivity index (χ1n) is 11.6. The summed E-state index contributed by atoms with van der Waals surface area (Å²) in [4.78, 5) is 26.3. The molecule has 1 amide bonds. The van der Waals surface area contributed by atoms with Gasteiger partial charge in [-0.3, -0.25) is 4.79 Å². The van der Waals surface area contributed by atoms with Crippen molar-refractivity contribution in [3.8, 4) is 0 Å². The topological polar surface area (TPSA) is 83.5 Å². The molecule has 0 radical (unpaired) electrons. The van der Waals surface area contributed by atoms with E-state index in [0.29, 0.717) is 12.0 Å². The molecule has 4 rings (SSSR count). The minimum absolute atomic E-state index is 0.0413. The van der Waals surface area contributed by atoms with Crippen molar-refractivity contribution in [1.29, 1.82) is 0 Å². The van der Waals surface area contributed by atoms with Gasteiger partial charge in [0.1, 0.15) is 5.82 Å². The van der Waals surface area contributed by atoms with Gasteiger partial charge in [0.05, 0.1) is 4.90 Å². The first-order valence-corrected chi connectivity index (χ1v) is 13.5. The summed E-state index contributed by atoms with van der Waals surface area (Å²) < 4.78 is 37.9. The zero-order valence-electron chi connectivity index (χ0n) is 19.2. The van der Waals surface area contributed by atoms with E-state index in [1.54, 1.807) is 0 Å². The molecule has 0 saturated carbocycles. The highest BCUT2D eigenvalue weighted by atomic mass is 32.2. The van der Waals surface area contributed by atoms with Gasteiger partial charge < -0.3 is 9.80 Å². The third-order valence-corrected chi connectivity index (χ3v) is 7.90. The zero-order valence-corrected chi connectivity index (χ0v) is 20.0. The van der Waals surface area contributed by atoms with Crippen LogP contribution in [0.1, 0.15) is 43.7 Å². The number of amides is 1. The molecule has 0 spiro atoms. The molecule has 0 bridgehead atoms. The van der Waals surface area contributed by atoms with Crippen LogP contribution in [-0.4, -0.2) is 61.1 Å². The van der Waals surface area contributed by atoms with Gasteiger partial charge >= 0.3 is 0 Å². The summed E-state index contributed by atoms with van der Waals surface area (Å²) in [5, 5.41) is 0. The van der Waals surface area contributed by atoms with Crippen molar-refractivity contribution in [2.24, 2.45) is 5.92 Å². The molecular formula is C24H31FN4O3S. The average Bonchev–Trinajstić information content (AvgIpc) is 2.81. The lowest BCUT2D eigenvalue weighted by Gasteiger charge is -2.42. The molecule has 1 aromatic heterocycles. The number of anilines is 1. The molecule has 9 heteroatoms. The minimum Gasteiger partial charge on any atom is -0.341 e. The second-order valence-electron chi connectivity index (χ2n) is 9.06. The third kappa shape index (κ3) is 5.34. The summed E-state index contributed by atoms with van der Waals surface area (Å²) in [6, 6.07) is 4.15. The van der Waals surface area contributed by atoms with Gasteiger partial charge in [0.15, 0.2) is 9.84 Å². The number of sulfone groups is 1. The van der Waals surface area contributed by atoms with Crippen LogP contribution in [0.2, 0.25) is 0 Å². The molecule has 7 nitrogen and oxygen atoms in total. The lowest BCUT2D eigenvalue weighted by molar-refractivity contribution is -0.141. The van der Waals surface area contributed by atoms with Crippen molar-refractivity contribution in [2.75, 3.05) is 30.8 Å². The van der Waals surface area contributed by atoms with Crippen LogP contribution >= 0.6 is 0 Å². The van der Waals surface area contributed by atoms with Crippen LogP contribution in [0.3, 0.4) is 0 Å². The Morgan fingerprint density at radius 3 is 2.39 bits per heavy atom. The highest BCUT2D eigenvalue weighted by Crippen LogP contribution is 2.29. The standard InChI is InChI=1S/C24H31FN4O3S/c1-3-17-15-26-24(27-16-17)28-11-8-20(9-12-28)29-10-4-5-19(23(29)30)13-18-6-7-21(14-22(18)25)33(2,31)32/h6-7,14-16,19-20H,3-5,8-13H2,1-2H3. The van der Waals surface area contributed by atoms with E-state index in [9.17, 15) is 17.6 Å². The van der Waals surface area contributed by atoms with E-state index in [0.717, 1.165) is 75.6 Å². The number of piperidine rings is 2. The smallest absolute Gasteiger partial charge is 0.226 e. The fourth-order valence-corrected chi connectivity index (χ4v) is 5.42. The maximum Gasteiger partial charge on any atom is 0.226 e. The van der Waals surface area contributed by atoms with E-state index in [1.807, 2.05) is 17.3 Å². The van der Waals surface area contributed by atoms with E-state index < -0.39 is 15.7 Å². The molecule has 2 aromatic rings. The van der Waals surface area contributed by atoms with Gasteiger partial charge in [0.25, 0.3) is 0 Å². The Balaban J connectivity index is 1.38. The number of hydrogen-bond donors (Lipinski definition) is 0. The Morgan fingerprint density at radius 2 is 1.79 bits per heavy atom. The first-order chi connectivity index (χ1) is 15.8. The summed E-state index contributed by atoms with van der Waals surface area (Å²) in [5.41, 5.74) is 1.51. The average molecular weight is 475 g/mol. The molecule has 2 saturated heterocycles. The molecule has 0 N–H and O–H groups in total. The van der Waals surface area contributed by atoms with Crippen molar-refractivity contribution < 1.29 is 17.6 Å². The summed E-state index contributed by atoms with van der Waals surface area (Å²) >= 11 is 0. The molecule has 1 unspecified atom stereocenters. The number of likely N-dealkylation sites (tertiary alicyclic amines) is 1. The van der Waals surface area contributed by atoms with Gasteiger partial charge in [-0.1, -0.05) is 13.0 Å². The van der Waals surface area contributed by atoms with Gasteiger partial charge in [0, 0.05) is 50.2 Å². The van der Waals surface area contributed by atoms with Gasteiger partial charge in [-0.05, 0) is 61.8 Å². The zero-order chi connectivity index (χ0) is 23.6. The second-order valence-corrected chi connectivity index (χ2v) is 11.1. The van der Waals surface area contributed by atoms with Crippen molar-refractivity contribution >= 4 is 21.7 Å². The molecular weight excluding hydrogens is 443 g/mol. The highest BCUT2D eigenvalue weighted by molar-refractivity contribution is 7.90. The van der Waals surface area contributed by atoms with Crippen LogP contribution in [-0.2, 0) is 27.5 Å². The number of halogens is 1. The van der Waals surface area contributed by atoms with E-state index >= 15 is 0 Å². The summed E-state index contributed by atoms with van der Waals surface area (Å²) in [7, 11) is -3.47. The quantitative estimate of drug-likeness (QED) is 0.640. The number of nitrogens with zero attached hydrogens (tertiary/aromatic N) is 4. The summed E-state index contributed by atoms with van der Waals surface area (Å²) in [5.74, 6) is -0.0260. The molecule has 2 aliphatic heterocycles. The van der Waals surface area contributed by atoms with Crippen LogP contribution < -0.4 is 4.90 Å².